The molecule has 9 nitrogen and oxygen atoms in total. The van der Waals surface area contributed by atoms with Crippen LogP contribution in [0, 0.1) is 6.92 Å². The molecular formula is C18H22N4O5S2. The average Bonchev–Trinajstić information content (AvgIpc) is 3.07. The molecule has 1 saturated heterocycles. The van der Waals surface area contributed by atoms with Crippen LogP contribution in [0.2, 0.25) is 0 Å². The zero-order chi connectivity index (χ0) is 21.2. The Kier molecular flexibility index (Phi) is 6.32. The molecule has 11 heteroatoms. The first kappa shape index (κ1) is 21.4. The molecule has 0 radical (unpaired) electrons. The molecule has 1 fully saturated rings. The highest BCUT2D eigenvalue weighted by Gasteiger charge is 2.28. The van der Waals surface area contributed by atoms with E-state index < -0.39 is 21.9 Å². The summed E-state index contributed by atoms with van der Waals surface area (Å²) in [6, 6.07) is 5.89. The van der Waals surface area contributed by atoms with Gasteiger partial charge < -0.3 is 9.64 Å². The van der Waals surface area contributed by atoms with Gasteiger partial charge in [0, 0.05) is 31.7 Å². The number of methoxy groups -OCH3 is 1. The number of likely N-dealkylation sites (N-methyl/N-ethyl adjacent to an activating group) is 1. The van der Waals surface area contributed by atoms with E-state index in [1.165, 1.54) is 35.7 Å². The number of carbonyl (C=O) groups is 2. The van der Waals surface area contributed by atoms with Gasteiger partial charge in [0.1, 0.15) is 4.88 Å². The van der Waals surface area contributed by atoms with Gasteiger partial charge in [-0.15, -0.1) is 0 Å². The Balaban J connectivity index is 1.79. The minimum atomic E-state index is -3.68. The fourth-order valence-electron chi connectivity index (χ4n) is 2.88. The molecule has 1 aromatic heterocycles. The van der Waals surface area contributed by atoms with Crippen molar-refractivity contribution in [2.45, 2.75) is 11.8 Å². The molecule has 0 unspecified atom stereocenters. The lowest BCUT2D eigenvalue weighted by atomic mass is 10.2. The number of piperazine rings is 1. The van der Waals surface area contributed by atoms with Crippen molar-refractivity contribution in [2.75, 3.05) is 45.7 Å². The summed E-state index contributed by atoms with van der Waals surface area (Å²) < 4.78 is 31.9. The number of aromatic nitrogens is 1. The molecule has 2 heterocycles. The number of benzene rings is 1. The van der Waals surface area contributed by atoms with Crippen molar-refractivity contribution < 1.29 is 22.7 Å². The molecule has 1 aromatic carbocycles. The quantitative estimate of drug-likeness (QED) is 0.703. The van der Waals surface area contributed by atoms with Crippen LogP contribution in [0.5, 0.6) is 0 Å². The molecule has 1 N–H and O–H groups in total. The van der Waals surface area contributed by atoms with E-state index in [1.54, 1.807) is 6.92 Å². The third-order valence-electron chi connectivity index (χ3n) is 4.58. The molecular weight excluding hydrogens is 416 g/mol. The summed E-state index contributed by atoms with van der Waals surface area (Å²) in [5.41, 5.74) is 0.635. The maximum Gasteiger partial charge on any atom is 0.350 e. The molecule has 0 saturated carbocycles. The molecule has 156 valence electrons. The largest absolute Gasteiger partial charge is 0.465 e. The lowest BCUT2D eigenvalue weighted by Gasteiger charge is -2.31. The molecule has 0 aliphatic carbocycles. The van der Waals surface area contributed by atoms with E-state index in [4.69, 9.17) is 0 Å². The van der Waals surface area contributed by atoms with Gasteiger partial charge in [-0.1, -0.05) is 17.4 Å². The van der Waals surface area contributed by atoms with Crippen LogP contribution < -0.4 is 5.32 Å². The third-order valence-corrected chi connectivity index (χ3v) is 7.53. The number of thiazole rings is 1. The maximum atomic E-state index is 12.9. The summed E-state index contributed by atoms with van der Waals surface area (Å²) >= 11 is 0.999. The van der Waals surface area contributed by atoms with E-state index in [9.17, 15) is 18.0 Å². The van der Waals surface area contributed by atoms with E-state index >= 15 is 0 Å². The first-order valence-electron chi connectivity index (χ1n) is 8.88. The van der Waals surface area contributed by atoms with Gasteiger partial charge in [0.25, 0.3) is 5.91 Å². The Hall–Kier alpha value is -2.34. The first-order valence-corrected chi connectivity index (χ1v) is 11.1. The van der Waals surface area contributed by atoms with Gasteiger partial charge in [0.05, 0.1) is 17.7 Å². The first-order chi connectivity index (χ1) is 13.7. The number of nitrogens with zero attached hydrogens (tertiary/aromatic N) is 3. The molecule has 0 spiro atoms. The highest BCUT2D eigenvalue weighted by Crippen LogP contribution is 2.24. The second-order valence-corrected chi connectivity index (χ2v) is 9.55. The number of hydrogen-bond acceptors (Lipinski definition) is 8. The number of amides is 1. The van der Waals surface area contributed by atoms with Gasteiger partial charge in [-0.25, -0.2) is 18.2 Å². The minimum absolute atomic E-state index is 0.0697. The van der Waals surface area contributed by atoms with Crippen molar-refractivity contribution in [3.05, 3.63) is 40.4 Å². The lowest BCUT2D eigenvalue weighted by Crippen LogP contribution is -2.47. The van der Waals surface area contributed by atoms with Crippen molar-refractivity contribution in [1.82, 2.24) is 14.2 Å². The molecule has 29 heavy (non-hydrogen) atoms. The van der Waals surface area contributed by atoms with Crippen molar-refractivity contribution in [3.63, 3.8) is 0 Å². The number of anilines is 1. The monoisotopic (exact) mass is 438 g/mol. The number of aryl methyl sites for hydroxylation is 1. The summed E-state index contributed by atoms with van der Waals surface area (Å²) in [6.45, 7) is 3.77. The highest BCUT2D eigenvalue weighted by atomic mass is 32.2. The van der Waals surface area contributed by atoms with Gasteiger partial charge in [0.2, 0.25) is 10.0 Å². The van der Waals surface area contributed by atoms with Gasteiger partial charge in [-0.05, 0) is 32.2 Å². The van der Waals surface area contributed by atoms with E-state index in [0.717, 1.165) is 11.3 Å². The van der Waals surface area contributed by atoms with Crippen LogP contribution >= 0.6 is 11.3 Å². The number of rotatable bonds is 5. The van der Waals surface area contributed by atoms with Crippen molar-refractivity contribution in [1.29, 1.82) is 0 Å². The van der Waals surface area contributed by atoms with Crippen LogP contribution in [-0.4, -0.2) is 74.8 Å². The van der Waals surface area contributed by atoms with Crippen LogP contribution in [0.15, 0.2) is 29.2 Å². The maximum absolute atomic E-state index is 12.9. The topological polar surface area (TPSA) is 109 Å². The Bertz CT molecular complexity index is 1030. The summed E-state index contributed by atoms with van der Waals surface area (Å²) in [5.74, 6) is -1.04. The zero-order valence-corrected chi connectivity index (χ0v) is 18.0. The summed E-state index contributed by atoms with van der Waals surface area (Å²) in [5, 5.41) is 2.84. The average molecular weight is 439 g/mol. The SMILES string of the molecule is COC(=O)c1sc(NC(=O)c2cccc(S(=O)(=O)N3CCN(C)CC3)c2)nc1C. The Morgan fingerprint density at radius 2 is 1.90 bits per heavy atom. The number of ether oxygens (including phenoxy) is 1. The van der Waals surface area contributed by atoms with Crippen molar-refractivity contribution in [3.8, 4) is 0 Å². The van der Waals surface area contributed by atoms with Crippen molar-refractivity contribution in [2.24, 2.45) is 0 Å². The number of hydrogen-bond donors (Lipinski definition) is 1. The summed E-state index contributed by atoms with van der Waals surface area (Å²) in [4.78, 5) is 30.9. The fraction of sp³-hybridized carbons (Fsp3) is 0.389. The van der Waals surface area contributed by atoms with Crippen LogP contribution in [0.1, 0.15) is 25.7 Å². The lowest BCUT2D eigenvalue weighted by molar-refractivity contribution is 0.0605. The molecule has 0 bridgehead atoms. The normalized spacial score (nSPS) is 15.8. The number of nitrogens with one attached hydrogen (secondary N) is 1. The highest BCUT2D eigenvalue weighted by molar-refractivity contribution is 7.89. The van der Waals surface area contributed by atoms with E-state index in [1.807, 2.05) is 7.05 Å². The second-order valence-electron chi connectivity index (χ2n) is 6.61. The van der Waals surface area contributed by atoms with E-state index in [0.29, 0.717) is 36.8 Å². The predicted octanol–water partition coefficient (Wildman–Crippen LogP) is 1.43. The van der Waals surface area contributed by atoms with Gasteiger partial charge in [0.15, 0.2) is 5.13 Å². The molecule has 2 aromatic rings. The number of esters is 1. The number of sulfonamides is 1. The molecule has 1 aliphatic rings. The third kappa shape index (κ3) is 4.64. The van der Waals surface area contributed by atoms with Gasteiger partial charge in [-0.3, -0.25) is 10.1 Å². The molecule has 0 atom stereocenters. The second kappa shape index (κ2) is 8.57. The van der Waals surface area contributed by atoms with Gasteiger partial charge >= 0.3 is 5.97 Å². The van der Waals surface area contributed by atoms with Crippen LogP contribution in [0.25, 0.3) is 0 Å². The van der Waals surface area contributed by atoms with Crippen LogP contribution in [0.4, 0.5) is 5.13 Å². The Labute approximate surface area is 173 Å². The van der Waals surface area contributed by atoms with E-state index in [2.05, 4.69) is 19.9 Å². The minimum Gasteiger partial charge on any atom is -0.465 e. The zero-order valence-electron chi connectivity index (χ0n) is 16.3. The summed E-state index contributed by atoms with van der Waals surface area (Å²) in [6.07, 6.45) is 0. The van der Waals surface area contributed by atoms with Crippen LogP contribution in [-0.2, 0) is 14.8 Å². The molecule has 1 amide bonds. The smallest absolute Gasteiger partial charge is 0.350 e. The van der Waals surface area contributed by atoms with E-state index in [-0.39, 0.29) is 15.6 Å². The standard InChI is InChI=1S/C18H22N4O5S2/c1-12-15(17(24)27-3)28-18(19-12)20-16(23)13-5-4-6-14(11-13)29(25,26)22-9-7-21(2)8-10-22/h4-6,11H,7-10H2,1-3H3,(H,19,20,23). The predicted molar refractivity (Wildman–Crippen MR) is 109 cm³/mol. The fourth-order valence-corrected chi connectivity index (χ4v) is 5.22. The van der Waals surface area contributed by atoms with Crippen molar-refractivity contribution >= 4 is 38.4 Å². The Morgan fingerprint density at radius 1 is 1.21 bits per heavy atom. The number of carbonyl (C=O) groups excluding carboxylic acids is 2. The Morgan fingerprint density at radius 3 is 2.55 bits per heavy atom. The van der Waals surface area contributed by atoms with Crippen LogP contribution in [0.3, 0.4) is 0 Å². The van der Waals surface area contributed by atoms with Gasteiger partial charge in [-0.2, -0.15) is 4.31 Å². The molecule has 3 rings (SSSR count). The summed E-state index contributed by atoms with van der Waals surface area (Å²) in [7, 11) is -0.464. The molecule has 1 aliphatic heterocycles.